The number of amides is 1. The molecule has 30 heavy (non-hydrogen) atoms. The fourth-order valence-electron chi connectivity index (χ4n) is 3.71. The highest BCUT2D eigenvalue weighted by molar-refractivity contribution is 7.22. The summed E-state index contributed by atoms with van der Waals surface area (Å²) in [5, 5.41) is 4.09. The van der Waals surface area contributed by atoms with Crippen molar-refractivity contribution >= 4 is 32.6 Å². The van der Waals surface area contributed by atoms with Crippen molar-refractivity contribution in [3.8, 4) is 5.75 Å². The number of aromatic nitrogens is 1. The number of ether oxygens (including phenoxy) is 1. The van der Waals surface area contributed by atoms with E-state index in [1.54, 1.807) is 11.3 Å². The molecular weight excluding hydrogens is 396 g/mol. The molecule has 7 heteroatoms. The molecule has 1 aromatic heterocycles. The highest BCUT2D eigenvalue weighted by Crippen LogP contribution is 2.31. The monoisotopic (exact) mass is 425 g/mol. The van der Waals surface area contributed by atoms with Crippen molar-refractivity contribution in [1.82, 2.24) is 10.3 Å². The number of anilines is 1. The zero-order valence-electron chi connectivity index (χ0n) is 17.6. The van der Waals surface area contributed by atoms with Crippen LogP contribution in [0.25, 0.3) is 10.2 Å². The Labute approximate surface area is 181 Å². The SMILES string of the molecule is Cc1ccc2sc(N3CC[NH+](CCNC(=O)COc4ccccc4)CC3)nc2c1C. The first-order chi connectivity index (χ1) is 14.6. The molecule has 2 heterocycles. The number of nitrogens with one attached hydrogen (secondary N) is 2. The Bertz CT molecular complexity index is 997. The second kappa shape index (κ2) is 9.45. The number of carbonyl (C=O) groups is 1. The van der Waals surface area contributed by atoms with Crippen LogP contribution >= 0.6 is 11.3 Å². The average molecular weight is 426 g/mol. The van der Waals surface area contributed by atoms with Crippen molar-refractivity contribution in [1.29, 1.82) is 0 Å². The van der Waals surface area contributed by atoms with E-state index in [2.05, 4.69) is 36.2 Å². The van der Waals surface area contributed by atoms with Crippen molar-refractivity contribution in [3.05, 3.63) is 53.6 Å². The summed E-state index contributed by atoms with van der Waals surface area (Å²) < 4.78 is 6.75. The smallest absolute Gasteiger partial charge is 0.258 e. The van der Waals surface area contributed by atoms with E-state index >= 15 is 0 Å². The van der Waals surface area contributed by atoms with E-state index in [1.165, 1.54) is 20.7 Å². The predicted molar refractivity (Wildman–Crippen MR) is 122 cm³/mol. The van der Waals surface area contributed by atoms with Crippen molar-refractivity contribution in [2.45, 2.75) is 13.8 Å². The molecule has 2 N–H and O–H groups in total. The highest BCUT2D eigenvalue weighted by atomic mass is 32.1. The van der Waals surface area contributed by atoms with Gasteiger partial charge in [0, 0.05) is 0 Å². The maximum absolute atomic E-state index is 12.0. The lowest BCUT2D eigenvalue weighted by molar-refractivity contribution is -0.899. The molecule has 4 rings (SSSR count). The molecule has 0 radical (unpaired) electrons. The maximum atomic E-state index is 12.0. The third kappa shape index (κ3) is 4.91. The molecule has 0 unspecified atom stereocenters. The number of thiazole rings is 1. The average Bonchev–Trinajstić information content (AvgIpc) is 3.21. The largest absolute Gasteiger partial charge is 0.484 e. The number of rotatable bonds is 7. The third-order valence-corrected chi connectivity index (χ3v) is 6.81. The van der Waals surface area contributed by atoms with Crippen LogP contribution in [0.15, 0.2) is 42.5 Å². The molecule has 2 aromatic carbocycles. The molecule has 1 fully saturated rings. The molecule has 0 spiro atoms. The first kappa shape index (κ1) is 20.6. The number of para-hydroxylation sites is 1. The number of hydrogen-bond donors (Lipinski definition) is 2. The van der Waals surface area contributed by atoms with E-state index in [9.17, 15) is 4.79 Å². The quantitative estimate of drug-likeness (QED) is 0.606. The van der Waals surface area contributed by atoms with E-state index < -0.39 is 0 Å². The number of benzene rings is 2. The minimum atomic E-state index is -0.0722. The second-order valence-electron chi connectivity index (χ2n) is 7.79. The van der Waals surface area contributed by atoms with Gasteiger partial charge in [-0.1, -0.05) is 35.6 Å². The van der Waals surface area contributed by atoms with Gasteiger partial charge in [-0.05, 0) is 43.2 Å². The Kier molecular flexibility index (Phi) is 6.50. The number of aryl methyl sites for hydroxylation is 2. The molecule has 158 valence electrons. The van der Waals surface area contributed by atoms with Crippen molar-refractivity contribution in [3.63, 3.8) is 0 Å². The Morgan fingerprint density at radius 2 is 1.93 bits per heavy atom. The maximum Gasteiger partial charge on any atom is 0.258 e. The van der Waals surface area contributed by atoms with E-state index in [-0.39, 0.29) is 12.5 Å². The standard InChI is InChI=1S/C23H28N4O2S/c1-17-8-9-20-22(18(17)2)25-23(30-20)27-14-12-26(13-15-27)11-10-24-21(28)16-29-19-6-4-3-5-7-19/h3-9H,10-16H2,1-2H3,(H,24,28)/p+1. The van der Waals surface area contributed by atoms with Crippen molar-refractivity contribution < 1.29 is 14.4 Å². The van der Waals surface area contributed by atoms with Gasteiger partial charge in [0.15, 0.2) is 11.7 Å². The van der Waals surface area contributed by atoms with Crippen LogP contribution in [0, 0.1) is 13.8 Å². The van der Waals surface area contributed by atoms with Crippen LogP contribution in [0.1, 0.15) is 11.1 Å². The van der Waals surface area contributed by atoms with Crippen LogP contribution in [0.2, 0.25) is 0 Å². The number of quaternary nitrogens is 1. The number of piperazine rings is 1. The summed E-state index contributed by atoms with van der Waals surface area (Å²) in [5.41, 5.74) is 3.72. The topological polar surface area (TPSA) is 58.9 Å². The van der Waals surface area contributed by atoms with Gasteiger partial charge in [0.2, 0.25) is 0 Å². The lowest BCUT2D eigenvalue weighted by atomic mass is 10.1. The van der Waals surface area contributed by atoms with Crippen molar-refractivity contribution in [2.24, 2.45) is 0 Å². The molecule has 3 aromatic rings. The molecule has 0 aliphatic carbocycles. The first-order valence-corrected chi connectivity index (χ1v) is 11.3. The number of nitrogens with zero attached hydrogens (tertiary/aromatic N) is 2. The van der Waals surface area contributed by atoms with Gasteiger partial charge in [-0.3, -0.25) is 4.79 Å². The zero-order valence-corrected chi connectivity index (χ0v) is 18.4. The molecule has 0 bridgehead atoms. The summed E-state index contributed by atoms with van der Waals surface area (Å²) >= 11 is 1.79. The van der Waals surface area contributed by atoms with Crippen LogP contribution < -0.4 is 19.9 Å². The number of hydrogen-bond acceptors (Lipinski definition) is 5. The van der Waals surface area contributed by atoms with Crippen LogP contribution in [0.4, 0.5) is 5.13 Å². The Morgan fingerprint density at radius 1 is 1.17 bits per heavy atom. The van der Waals surface area contributed by atoms with Crippen LogP contribution in [-0.4, -0.2) is 56.8 Å². The van der Waals surface area contributed by atoms with Crippen molar-refractivity contribution in [2.75, 3.05) is 50.8 Å². The Balaban J connectivity index is 1.19. The summed E-state index contributed by atoms with van der Waals surface area (Å²) in [7, 11) is 0. The van der Waals surface area contributed by atoms with E-state index in [0.29, 0.717) is 6.54 Å². The summed E-state index contributed by atoms with van der Waals surface area (Å²) in [6.45, 7) is 10.1. The molecule has 1 aliphatic rings. The van der Waals surface area contributed by atoms with Gasteiger partial charge in [-0.25, -0.2) is 4.98 Å². The van der Waals surface area contributed by atoms with Gasteiger partial charge in [-0.2, -0.15) is 0 Å². The lowest BCUT2D eigenvalue weighted by Crippen LogP contribution is -3.15. The molecule has 1 aliphatic heterocycles. The minimum absolute atomic E-state index is 0.0591. The summed E-state index contributed by atoms with van der Waals surface area (Å²) in [6.07, 6.45) is 0. The first-order valence-electron chi connectivity index (χ1n) is 10.5. The van der Waals surface area contributed by atoms with Gasteiger partial charge in [0.05, 0.1) is 49.5 Å². The molecular formula is C23H29N4O2S+. The summed E-state index contributed by atoms with van der Waals surface area (Å²) in [5.74, 6) is 0.645. The molecule has 1 amide bonds. The summed E-state index contributed by atoms with van der Waals surface area (Å²) in [6, 6.07) is 13.8. The highest BCUT2D eigenvalue weighted by Gasteiger charge is 2.22. The van der Waals surface area contributed by atoms with Gasteiger partial charge >= 0.3 is 0 Å². The fraction of sp³-hybridized carbons (Fsp3) is 0.391. The molecule has 6 nitrogen and oxygen atoms in total. The Hall–Kier alpha value is -2.64. The summed E-state index contributed by atoms with van der Waals surface area (Å²) in [4.78, 5) is 20.8. The van der Waals surface area contributed by atoms with Gasteiger partial charge < -0.3 is 19.9 Å². The predicted octanol–water partition coefficient (Wildman–Crippen LogP) is 1.81. The van der Waals surface area contributed by atoms with Gasteiger partial charge in [0.1, 0.15) is 5.75 Å². The third-order valence-electron chi connectivity index (χ3n) is 5.73. The van der Waals surface area contributed by atoms with E-state index in [1.807, 2.05) is 30.3 Å². The molecule has 1 saturated heterocycles. The van der Waals surface area contributed by atoms with Crippen LogP contribution in [-0.2, 0) is 4.79 Å². The van der Waals surface area contributed by atoms with Gasteiger partial charge in [0.25, 0.3) is 5.91 Å². The normalized spacial score (nSPS) is 14.8. The minimum Gasteiger partial charge on any atom is -0.484 e. The van der Waals surface area contributed by atoms with E-state index in [4.69, 9.17) is 9.72 Å². The fourth-order valence-corrected chi connectivity index (χ4v) is 4.79. The zero-order chi connectivity index (χ0) is 20.9. The number of carbonyl (C=O) groups excluding carboxylic acids is 1. The van der Waals surface area contributed by atoms with Crippen LogP contribution in [0.5, 0.6) is 5.75 Å². The van der Waals surface area contributed by atoms with Crippen LogP contribution in [0.3, 0.4) is 0 Å². The lowest BCUT2D eigenvalue weighted by Gasteiger charge is -2.32. The van der Waals surface area contributed by atoms with Gasteiger partial charge in [-0.15, -0.1) is 0 Å². The second-order valence-corrected chi connectivity index (χ2v) is 8.80. The molecule has 0 atom stereocenters. The number of fused-ring (bicyclic) bond motifs is 1. The Morgan fingerprint density at radius 3 is 2.70 bits per heavy atom. The van der Waals surface area contributed by atoms with E-state index in [0.717, 1.165) is 49.1 Å². The molecule has 0 saturated carbocycles.